The van der Waals surface area contributed by atoms with Crippen molar-refractivity contribution in [3.8, 4) is 23.0 Å². The molecule has 0 fully saturated rings. The van der Waals surface area contributed by atoms with E-state index < -0.39 is 5.97 Å². The van der Waals surface area contributed by atoms with Crippen LogP contribution in [0.15, 0.2) is 264 Å². The second-order valence-corrected chi connectivity index (χ2v) is 31.0. The van der Waals surface area contributed by atoms with Crippen LogP contribution >= 0.6 is 45.3 Å². The van der Waals surface area contributed by atoms with Gasteiger partial charge in [0.15, 0.2) is 0 Å². The fourth-order valence-electron chi connectivity index (χ4n) is 14.4. The number of phenols is 1. The Labute approximate surface area is 671 Å². The molecule has 4 aliphatic carbocycles. The van der Waals surface area contributed by atoms with E-state index >= 15 is 0 Å². The SMILES string of the molecule is COC(=O)CC(c1ccc(O)cc1)c1cccs1.COC(=O)CC(c1ccc(OC2Cc3ccccc3C2)cc1)c1cccs1.COC(=O)CC(c1ccc(OC2Cc3ccccc3C2)cc1)c1cccs1.O=C(O)CC(c1ccc(OC2Cc3ccccc3C2)cc1)c1cccs1.OC1Cc2ccccc2C1.[Li+].[OH-]. The Morgan fingerprint density at radius 2 is 0.564 bits per heavy atom. The number of esters is 3. The monoisotopic (exact) mass is 1540 g/mol. The Bertz CT molecular complexity index is 4550. The molecule has 0 saturated heterocycles. The first-order valence-electron chi connectivity index (χ1n) is 36.3. The van der Waals surface area contributed by atoms with Crippen LogP contribution in [-0.4, -0.2) is 90.4 Å². The number of ether oxygens (including phenoxy) is 6. The van der Waals surface area contributed by atoms with Crippen LogP contribution in [0.1, 0.15) is 136 Å². The summed E-state index contributed by atoms with van der Waals surface area (Å²) in [5, 5.41) is 35.9. The van der Waals surface area contributed by atoms with Crippen LogP contribution in [-0.2, 0) is 84.8 Å². The maximum absolute atomic E-state index is 11.9. The van der Waals surface area contributed by atoms with Crippen molar-refractivity contribution in [2.24, 2.45) is 0 Å². The molecular formula is C91H89LiO14S4. The molecule has 19 heteroatoms. The van der Waals surface area contributed by atoms with E-state index in [4.69, 9.17) is 28.4 Å². The number of aromatic hydroxyl groups is 1. The summed E-state index contributed by atoms with van der Waals surface area (Å²) in [5.41, 5.74) is 15.1. The van der Waals surface area contributed by atoms with Crippen molar-refractivity contribution in [3.63, 3.8) is 0 Å². The molecule has 4 aromatic heterocycles. The van der Waals surface area contributed by atoms with E-state index in [0.717, 1.165) is 101 Å². The van der Waals surface area contributed by atoms with Gasteiger partial charge in [0.25, 0.3) is 0 Å². The van der Waals surface area contributed by atoms with Crippen LogP contribution in [0.5, 0.6) is 23.0 Å². The van der Waals surface area contributed by atoms with Crippen molar-refractivity contribution < 1.29 is 87.3 Å². The van der Waals surface area contributed by atoms with E-state index in [2.05, 4.69) is 121 Å². The number of benzene rings is 8. The molecule has 16 rings (SSSR count). The number of hydrogen-bond acceptors (Lipinski definition) is 17. The van der Waals surface area contributed by atoms with Gasteiger partial charge in [-0.1, -0.05) is 170 Å². The van der Waals surface area contributed by atoms with Crippen molar-refractivity contribution in [2.75, 3.05) is 21.3 Å². The van der Waals surface area contributed by atoms with Crippen LogP contribution in [0.4, 0.5) is 0 Å². The van der Waals surface area contributed by atoms with Gasteiger partial charge in [0.2, 0.25) is 0 Å². The number of rotatable bonds is 22. The maximum Gasteiger partial charge on any atom is 1.00 e. The van der Waals surface area contributed by atoms with E-state index in [1.807, 2.05) is 131 Å². The van der Waals surface area contributed by atoms with E-state index in [9.17, 15) is 34.5 Å². The number of hydrogen-bond donors (Lipinski definition) is 3. The first-order chi connectivity index (χ1) is 52.7. The van der Waals surface area contributed by atoms with Crippen LogP contribution in [0.3, 0.4) is 0 Å². The molecule has 0 aliphatic heterocycles. The van der Waals surface area contributed by atoms with Crippen molar-refractivity contribution in [3.05, 3.63) is 350 Å². The smallest absolute Gasteiger partial charge is 0.870 e. The summed E-state index contributed by atoms with van der Waals surface area (Å²) in [6.07, 6.45) is 8.91. The number of fused-ring (bicyclic) bond motifs is 4. The average Bonchev–Trinajstić information content (AvgIpc) is 1.76. The first-order valence-corrected chi connectivity index (χ1v) is 39.8. The summed E-state index contributed by atoms with van der Waals surface area (Å²) in [4.78, 5) is 51.0. The quantitative estimate of drug-likeness (QED) is 0.0327. The summed E-state index contributed by atoms with van der Waals surface area (Å²) in [7, 11) is 4.26. The number of methoxy groups -OCH3 is 3. The third-order valence-corrected chi connectivity index (χ3v) is 23.8. The number of carbonyl (C=O) groups excluding carboxylic acids is 3. The van der Waals surface area contributed by atoms with E-state index in [-0.39, 0.29) is 103 Å². The standard InChI is InChI=1S/2C23H22O3S.C22H20O3S.C14H14O3S.C9H10O.Li.H2O/c2*1-25-23(24)15-21(22-7-4-12-27-22)16-8-10-19(11-9-16)26-20-13-17-5-2-3-6-18(17)14-20;23-22(24)14-20(21-6-3-11-26-21)15-7-9-18(10-8-15)25-19-12-16-4-1-2-5-17(16)13-19;1-17-14(16)9-12(13-3-2-8-18-13)10-4-6-11(15)7-5-10;10-9-5-7-3-1-2-4-8(7)6-9;;/h2*2-12,20-21H,13-15H2,1H3;1-11,19-20H,12-14H2,(H,23,24);2-8,12,15H,9H2,1H3;1-4,9-10H,5-6H2;;1H2/q;;;;;+1;/p-1. The van der Waals surface area contributed by atoms with Crippen molar-refractivity contribution in [1.29, 1.82) is 0 Å². The average molecular weight is 1540 g/mol. The van der Waals surface area contributed by atoms with Gasteiger partial charge in [-0.05, 0) is 174 Å². The number of carboxylic acid groups (broad SMARTS) is 1. The maximum atomic E-state index is 11.9. The minimum Gasteiger partial charge on any atom is -0.870 e. The molecular weight excluding hydrogens is 1450 g/mol. The molecule has 4 N–H and O–H groups in total. The normalized spacial score (nSPS) is 14.2. The molecule has 0 bridgehead atoms. The molecule has 0 saturated carbocycles. The second kappa shape index (κ2) is 41.3. The van der Waals surface area contributed by atoms with Gasteiger partial charge >= 0.3 is 42.7 Å². The van der Waals surface area contributed by atoms with Crippen molar-refractivity contribution in [1.82, 2.24) is 0 Å². The molecule has 14 nitrogen and oxygen atoms in total. The minimum absolute atomic E-state index is 0. The molecule has 8 aromatic carbocycles. The molecule has 4 atom stereocenters. The Morgan fingerprint density at radius 3 is 0.782 bits per heavy atom. The van der Waals surface area contributed by atoms with Crippen LogP contribution in [0, 0.1) is 0 Å². The molecule has 4 unspecified atom stereocenters. The van der Waals surface area contributed by atoms with Crippen LogP contribution < -0.4 is 33.1 Å². The number of aliphatic carboxylic acids is 1. The fourth-order valence-corrected chi connectivity index (χ4v) is 17.8. The predicted molar refractivity (Wildman–Crippen MR) is 431 cm³/mol. The molecule has 4 heterocycles. The minimum atomic E-state index is -0.785. The van der Waals surface area contributed by atoms with Crippen LogP contribution in [0.2, 0.25) is 0 Å². The summed E-state index contributed by atoms with van der Waals surface area (Å²) in [6.45, 7) is 0. The Kier molecular flexibility index (Phi) is 31.0. The topological polar surface area (TPSA) is 214 Å². The zero-order chi connectivity index (χ0) is 75.1. The molecule has 0 radical (unpaired) electrons. The third-order valence-electron chi connectivity index (χ3n) is 19.8. The zero-order valence-electron chi connectivity index (χ0n) is 62.0. The summed E-state index contributed by atoms with van der Waals surface area (Å²) >= 11 is 6.53. The number of phenolic OH excluding ortho intramolecular Hbond substituents is 1. The Hall–Kier alpha value is -9.84. The van der Waals surface area contributed by atoms with Gasteiger partial charge in [0.1, 0.15) is 41.3 Å². The summed E-state index contributed by atoms with van der Waals surface area (Å²) < 4.78 is 33.1. The first kappa shape index (κ1) is 82.6. The molecule has 0 spiro atoms. The van der Waals surface area contributed by atoms with Gasteiger partial charge in [-0.15, -0.1) is 45.3 Å². The Balaban J connectivity index is 0.000000150. The predicted octanol–water partition coefficient (Wildman–Crippen LogP) is 16.0. The number of carbonyl (C=O) groups is 4. The number of carboxylic acids is 1. The zero-order valence-corrected chi connectivity index (χ0v) is 65.3. The van der Waals surface area contributed by atoms with E-state index in [1.165, 1.54) is 75.6 Å². The molecule has 0 amide bonds. The van der Waals surface area contributed by atoms with Crippen molar-refractivity contribution in [2.45, 2.75) is 125 Å². The number of thiophene rings is 4. The van der Waals surface area contributed by atoms with E-state index in [1.54, 1.807) is 57.5 Å². The fraction of sp³-hybridized carbons (Fsp3) is 0.253. The Morgan fingerprint density at radius 1 is 0.336 bits per heavy atom. The van der Waals surface area contributed by atoms with Crippen LogP contribution in [0.25, 0.3) is 0 Å². The number of aliphatic hydroxyl groups excluding tert-OH is 1. The van der Waals surface area contributed by atoms with Gasteiger partial charge in [-0.25, -0.2) is 0 Å². The van der Waals surface area contributed by atoms with Gasteiger partial charge in [0.05, 0.1) is 53.1 Å². The number of aliphatic hydroxyl groups is 1. The second-order valence-electron chi connectivity index (χ2n) is 27.1. The molecule has 12 aromatic rings. The summed E-state index contributed by atoms with van der Waals surface area (Å²) in [5.74, 6) is 1.30. The third kappa shape index (κ3) is 23.1. The van der Waals surface area contributed by atoms with Gasteiger partial charge in [-0.2, -0.15) is 0 Å². The molecule has 4 aliphatic rings. The molecule has 110 heavy (non-hydrogen) atoms. The van der Waals surface area contributed by atoms with Gasteiger partial charge in [0, 0.05) is 81.7 Å². The van der Waals surface area contributed by atoms with Crippen molar-refractivity contribution >= 4 is 69.2 Å². The van der Waals surface area contributed by atoms with Gasteiger partial charge in [-0.3, -0.25) is 19.2 Å². The summed E-state index contributed by atoms with van der Waals surface area (Å²) in [6, 6.07) is 81.0. The van der Waals surface area contributed by atoms with E-state index in [0.29, 0.717) is 19.3 Å². The largest absolute Gasteiger partial charge is 1.00 e. The molecule has 562 valence electrons. The van der Waals surface area contributed by atoms with Gasteiger partial charge < -0.3 is 49.2 Å².